The second-order valence-corrected chi connectivity index (χ2v) is 5.12. The van der Waals surface area contributed by atoms with Gasteiger partial charge in [0.1, 0.15) is 0 Å². The lowest BCUT2D eigenvalue weighted by Crippen LogP contribution is -2.17. The molecule has 1 atom stereocenters. The summed E-state index contributed by atoms with van der Waals surface area (Å²) in [7, 11) is 0. The van der Waals surface area contributed by atoms with Crippen molar-refractivity contribution in [2.45, 2.75) is 32.9 Å². The van der Waals surface area contributed by atoms with E-state index in [1.165, 1.54) is 5.56 Å². The normalized spacial score (nSPS) is 12.7. The van der Waals surface area contributed by atoms with Gasteiger partial charge in [0.2, 0.25) is 0 Å². The van der Waals surface area contributed by atoms with Crippen molar-refractivity contribution in [3.8, 4) is 0 Å². The largest absolute Gasteiger partial charge is 0.319 e. The Morgan fingerprint density at radius 1 is 1.28 bits per heavy atom. The van der Waals surface area contributed by atoms with Gasteiger partial charge in [-0.05, 0) is 40.4 Å². The van der Waals surface area contributed by atoms with Crippen LogP contribution in [0.1, 0.15) is 36.7 Å². The number of hydrogen-bond donors (Lipinski definition) is 1. The Morgan fingerprint density at radius 2 is 1.94 bits per heavy atom. The van der Waals surface area contributed by atoms with E-state index in [9.17, 15) is 0 Å². The van der Waals surface area contributed by atoms with E-state index >= 15 is 0 Å². The van der Waals surface area contributed by atoms with Gasteiger partial charge in [-0.15, -0.1) is 0 Å². The highest BCUT2D eigenvalue weighted by molar-refractivity contribution is 9.10. The first-order valence-corrected chi connectivity index (χ1v) is 7.02. The molecule has 0 aliphatic rings. The van der Waals surface area contributed by atoms with Crippen molar-refractivity contribution in [3.05, 3.63) is 51.8 Å². The Bertz CT molecular complexity index is 516. The smallest absolute Gasteiger partial charge is 0.0738 e. The van der Waals surface area contributed by atoms with Crippen molar-refractivity contribution in [1.82, 2.24) is 9.78 Å². The van der Waals surface area contributed by atoms with E-state index < -0.39 is 0 Å². The molecular weight excluding hydrogens is 290 g/mol. The fourth-order valence-corrected chi connectivity index (χ4v) is 2.59. The molecule has 1 aromatic heterocycles. The summed E-state index contributed by atoms with van der Waals surface area (Å²) in [4.78, 5) is 0. The summed E-state index contributed by atoms with van der Waals surface area (Å²) in [6.07, 6.45) is 2.85. The predicted octanol–water partition coefficient (Wildman–Crippen LogP) is 3.28. The quantitative estimate of drug-likeness (QED) is 0.942. The Morgan fingerprint density at radius 3 is 2.50 bits per heavy atom. The number of nitrogens with zero attached hydrogens (tertiary/aromatic N) is 2. The molecule has 0 radical (unpaired) electrons. The zero-order valence-electron chi connectivity index (χ0n) is 10.7. The number of aryl methyl sites for hydroxylation is 2. The van der Waals surface area contributed by atoms with Gasteiger partial charge < -0.3 is 5.73 Å². The molecule has 2 N–H and O–H groups in total. The summed E-state index contributed by atoms with van der Waals surface area (Å²) < 4.78 is 2.90. The van der Waals surface area contributed by atoms with Crippen LogP contribution in [0.15, 0.2) is 34.9 Å². The SMILES string of the molecule is CCc1ccc(C(N)c2c(Br)cnn2CC)cc1. The highest BCUT2D eigenvalue weighted by atomic mass is 79.9. The molecule has 1 aromatic carbocycles. The lowest BCUT2D eigenvalue weighted by Gasteiger charge is -2.15. The molecule has 0 bridgehead atoms. The van der Waals surface area contributed by atoms with E-state index in [4.69, 9.17) is 5.73 Å². The van der Waals surface area contributed by atoms with E-state index in [1.54, 1.807) is 6.20 Å². The third kappa shape index (κ3) is 2.49. The topological polar surface area (TPSA) is 43.8 Å². The highest BCUT2D eigenvalue weighted by Crippen LogP contribution is 2.26. The van der Waals surface area contributed by atoms with Gasteiger partial charge in [0, 0.05) is 6.54 Å². The van der Waals surface area contributed by atoms with Crippen molar-refractivity contribution >= 4 is 15.9 Å². The van der Waals surface area contributed by atoms with Crippen LogP contribution < -0.4 is 5.73 Å². The Hall–Kier alpha value is -1.13. The average Bonchev–Trinajstić information content (AvgIpc) is 2.79. The molecule has 0 spiro atoms. The maximum atomic E-state index is 6.34. The summed E-state index contributed by atoms with van der Waals surface area (Å²) in [6, 6.07) is 8.32. The van der Waals surface area contributed by atoms with Gasteiger partial charge >= 0.3 is 0 Å². The molecule has 96 valence electrons. The Labute approximate surface area is 116 Å². The minimum atomic E-state index is -0.146. The molecule has 0 saturated heterocycles. The number of hydrogen-bond acceptors (Lipinski definition) is 2. The van der Waals surface area contributed by atoms with Gasteiger partial charge in [0.05, 0.1) is 22.4 Å². The van der Waals surface area contributed by atoms with Crippen LogP contribution in [-0.4, -0.2) is 9.78 Å². The molecule has 0 saturated carbocycles. The maximum absolute atomic E-state index is 6.34. The summed E-state index contributed by atoms with van der Waals surface area (Å²) in [6.45, 7) is 5.04. The summed E-state index contributed by atoms with van der Waals surface area (Å²) in [5, 5.41) is 4.30. The fourth-order valence-electron chi connectivity index (χ4n) is 2.05. The second-order valence-electron chi connectivity index (χ2n) is 4.27. The van der Waals surface area contributed by atoms with Gasteiger partial charge in [-0.2, -0.15) is 5.10 Å². The van der Waals surface area contributed by atoms with Crippen molar-refractivity contribution in [2.75, 3.05) is 0 Å². The lowest BCUT2D eigenvalue weighted by atomic mass is 10.0. The lowest BCUT2D eigenvalue weighted by molar-refractivity contribution is 0.599. The molecule has 1 unspecified atom stereocenters. The first-order chi connectivity index (χ1) is 8.67. The zero-order chi connectivity index (χ0) is 13.1. The minimum absolute atomic E-state index is 0.146. The zero-order valence-corrected chi connectivity index (χ0v) is 12.3. The second kappa shape index (κ2) is 5.67. The summed E-state index contributed by atoms with van der Waals surface area (Å²) in [5.41, 5.74) is 9.81. The molecule has 2 rings (SSSR count). The number of benzene rings is 1. The number of halogens is 1. The average molecular weight is 308 g/mol. The van der Waals surface area contributed by atoms with Crippen LogP contribution in [0.4, 0.5) is 0 Å². The molecule has 0 amide bonds. The number of nitrogens with two attached hydrogens (primary N) is 1. The van der Waals surface area contributed by atoms with E-state index in [0.29, 0.717) is 0 Å². The monoisotopic (exact) mass is 307 g/mol. The molecule has 18 heavy (non-hydrogen) atoms. The Kier molecular flexibility index (Phi) is 4.19. The van der Waals surface area contributed by atoms with Gasteiger partial charge in [-0.1, -0.05) is 31.2 Å². The van der Waals surface area contributed by atoms with Gasteiger partial charge in [0.25, 0.3) is 0 Å². The third-order valence-corrected chi connectivity index (χ3v) is 3.79. The highest BCUT2D eigenvalue weighted by Gasteiger charge is 2.17. The van der Waals surface area contributed by atoms with E-state index in [2.05, 4.69) is 59.1 Å². The van der Waals surface area contributed by atoms with Crippen LogP contribution in [0, 0.1) is 0 Å². The van der Waals surface area contributed by atoms with E-state index in [-0.39, 0.29) is 6.04 Å². The fraction of sp³-hybridized carbons (Fsp3) is 0.357. The van der Waals surface area contributed by atoms with Crippen LogP contribution in [0.2, 0.25) is 0 Å². The maximum Gasteiger partial charge on any atom is 0.0738 e. The van der Waals surface area contributed by atoms with Crippen LogP contribution in [-0.2, 0) is 13.0 Å². The molecule has 3 nitrogen and oxygen atoms in total. The van der Waals surface area contributed by atoms with Gasteiger partial charge in [0.15, 0.2) is 0 Å². The standard InChI is InChI=1S/C14H18BrN3/c1-3-10-5-7-11(8-6-10)13(16)14-12(15)9-17-18(14)4-2/h5-9,13H,3-4,16H2,1-2H3. The first kappa shape index (κ1) is 13.3. The number of aromatic nitrogens is 2. The van der Waals surface area contributed by atoms with Crippen LogP contribution in [0.25, 0.3) is 0 Å². The molecule has 4 heteroatoms. The summed E-state index contributed by atoms with van der Waals surface area (Å²) >= 11 is 3.52. The van der Waals surface area contributed by atoms with Crippen LogP contribution in [0.3, 0.4) is 0 Å². The van der Waals surface area contributed by atoms with Crippen molar-refractivity contribution in [2.24, 2.45) is 5.73 Å². The van der Waals surface area contributed by atoms with E-state index in [1.807, 2.05) is 4.68 Å². The van der Waals surface area contributed by atoms with Crippen LogP contribution in [0.5, 0.6) is 0 Å². The van der Waals surface area contributed by atoms with Crippen molar-refractivity contribution < 1.29 is 0 Å². The van der Waals surface area contributed by atoms with Gasteiger partial charge in [-0.25, -0.2) is 0 Å². The molecule has 0 aliphatic heterocycles. The summed E-state index contributed by atoms with van der Waals surface area (Å²) in [5.74, 6) is 0. The predicted molar refractivity (Wildman–Crippen MR) is 77.5 cm³/mol. The van der Waals surface area contributed by atoms with Crippen molar-refractivity contribution in [3.63, 3.8) is 0 Å². The molecular formula is C14H18BrN3. The van der Waals surface area contributed by atoms with Crippen LogP contribution >= 0.6 is 15.9 Å². The minimum Gasteiger partial charge on any atom is -0.319 e. The Balaban J connectivity index is 2.34. The van der Waals surface area contributed by atoms with Crippen molar-refractivity contribution in [1.29, 1.82) is 0 Å². The molecule has 0 fully saturated rings. The van der Waals surface area contributed by atoms with Gasteiger partial charge in [-0.3, -0.25) is 4.68 Å². The first-order valence-electron chi connectivity index (χ1n) is 6.23. The number of rotatable bonds is 4. The van der Waals surface area contributed by atoms with E-state index in [0.717, 1.165) is 28.7 Å². The molecule has 0 aliphatic carbocycles. The molecule has 2 aromatic rings. The third-order valence-electron chi connectivity index (χ3n) is 3.17. The molecule has 1 heterocycles.